The molecule has 0 fully saturated rings. The molecule has 1 N–H and O–H groups in total. The molecule has 2 heterocycles. The Hall–Kier alpha value is -2.84. The van der Waals surface area contributed by atoms with E-state index in [0.29, 0.717) is 30.5 Å². The predicted molar refractivity (Wildman–Crippen MR) is 159 cm³/mol. The van der Waals surface area contributed by atoms with Gasteiger partial charge in [-0.25, -0.2) is 4.99 Å². The zero-order chi connectivity index (χ0) is 25.8. The van der Waals surface area contributed by atoms with Crippen molar-refractivity contribution in [2.24, 2.45) is 4.99 Å². The van der Waals surface area contributed by atoms with Crippen LogP contribution in [0.25, 0.3) is 11.8 Å². The first kappa shape index (κ1) is 24.5. The summed E-state index contributed by atoms with van der Waals surface area (Å²) >= 11 is 5.51. The van der Waals surface area contributed by atoms with Crippen molar-refractivity contribution in [3.63, 3.8) is 0 Å². The number of phenols is 1. The molecule has 7 nitrogen and oxygen atoms in total. The molecule has 1 unspecified atom stereocenters. The second-order valence-corrected chi connectivity index (χ2v) is 12.2. The van der Waals surface area contributed by atoms with E-state index in [-0.39, 0.29) is 17.0 Å². The number of allylic oxidation sites excluding steroid dienone is 1. The first-order valence-corrected chi connectivity index (χ1v) is 14.3. The van der Waals surface area contributed by atoms with Gasteiger partial charge in [-0.1, -0.05) is 47.7 Å². The minimum absolute atomic E-state index is 0.0201. The molecule has 4 aromatic rings. The summed E-state index contributed by atoms with van der Waals surface area (Å²) in [5.74, 6) is 0.121. The van der Waals surface area contributed by atoms with Crippen LogP contribution in [-0.2, 0) is 6.42 Å². The van der Waals surface area contributed by atoms with E-state index in [1.54, 1.807) is 22.8 Å². The normalized spacial score (nSPS) is 16.6. The Labute approximate surface area is 241 Å². The smallest absolute Gasteiger partial charge is 0.271 e. The standard InChI is InChI=1S/C27H17I2N3O4S/c28-17-10-16(25(33)21(29)13-17)12-22-26(34)31-24(15-5-3-6-18(11-15)32(35)36)20-9-8-14-4-1-2-7-19(14)23(20)30-27(31)37-22/h1-7,10-13,24,33H,8-9H2. The van der Waals surface area contributed by atoms with Gasteiger partial charge < -0.3 is 5.11 Å². The number of nitrogens with zero attached hydrogens (tertiary/aromatic N) is 3. The number of halogens is 2. The van der Waals surface area contributed by atoms with Gasteiger partial charge in [0.25, 0.3) is 11.2 Å². The highest BCUT2D eigenvalue weighted by Crippen LogP contribution is 2.41. The molecule has 37 heavy (non-hydrogen) atoms. The number of phenolic OH excluding ortho intramolecular Hbond substituents is 1. The molecule has 184 valence electrons. The van der Waals surface area contributed by atoms with Gasteiger partial charge >= 0.3 is 0 Å². The van der Waals surface area contributed by atoms with E-state index >= 15 is 0 Å². The van der Waals surface area contributed by atoms with Gasteiger partial charge in [0.1, 0.15) is 5.75 Å². The van der Waals surface area contributed by atoms with E-state index in [1.165, 1.54) is 23.0 Å². The highest BCUT2D eigenvalue weighted by molar-refractivity contribution is 14.1. The summed E-state index contributed by atoms with van der Waals surface area (Å²) in [4.78, 5) is 30.5. The predicted octanol–water partition coefficient (Wildman–Crippen LogP) is 5.14. The Morgan fingerprint density at radius 3 is 2.73 bits per heavy atom. The minimum atomic E-state index is -0.508. The Morgan fingerprint density at radius 2 is 1.92 bits per heavy atom. The first-order chi connectivity index (χ1) is 17.8. The Balaban J connectivity index is 1.64. The van der Waals surface area contributed by atoms with E-state index in [1.807, 2.05) is 36.4 Å². The molecule has 3 aromatic carbocycles. The quantitative estimate of drug-likeness (QED) is 0.179. The van der Waals surface area contributed by atoms with Crippen LogP contribution in [0.15, 0.2) is 76.0 Å². The Morgan fingerprint density at radius 1 is 1.11 bits per heavy atom. The van der Waals surface area contributed by atoms with Crippen molar-refractivity contribution < 1.29 is 10.0 Å². The molecule has 2 aliphatic rings. The molecule has 0 bridgehead atoms. The van der Waals surface area contributed by atoms with Crippen molar-refractivity contribution >= 4 is 74.0 Å². The topological polar surface area (TPSA) is 97.7 Å². The van der Waals surface area contributed by atoms with Crippen LogP contribution in [-0.4, -0.2) is 14.6 Å². The molecule has 0 saturated carbocycles. The van der Waals surface area contributed by atoms with Crippen molar-refractivity contribution in [2.45, 2.75) is 18.9 Å². The lowest BCUT2D eigenvalue weighted by Gasteiger charge is -2.30. The zero-order valence-electron chi connectivity index (χ0n) is 19.0. The third-order valence-corrected chi connectivity index (χ3v) is 9.04. The minimum Gasteiger partial charge on any atom is -0.506 e. The molecule has 0 amide bonds. The van der Waals surface area contributed by atoms with Crippen LogP contribution in [0.5, 0.6) is 5.75 Å². The van der Waals surface area contributed by atoms with Gasteiger partial charge in [0.15, 0.2) is 4.80 Å². The fourth-order valence-electron chi connectivity index (χ4n) is 4.97. The average Bonchev–Trinajstić information content (AvgIpc) is 3.20. The molecular formula is C27H17I2N3O4S. The molecule has 0 spiro atoms. The number of benzene rings is 3. The van der Waals surface area contributed by atoms with Crippen LogP contribution < -0.4 is 14.9 Å². The van der Waals surface area contributed by atoms with Crippen LogP contribution in [0.1, 0.15) is 34.7 Å². The van der Waals surface area contributed by atoms with Gasteiger partial charge in [0.2, 0.25) is 0 Å². The van der Waals surface area contributed by atoms with Crippen LogP contribution in [0.4, 0.5) is 5.69 Å². The molecule has 0 saturated heterocycles. The lowest BCUT2D eigenvalue weighted by Crippen LogP contribution is -2.38. The average molecular weight is 733 g/mol. The largest absolute Gasteiger partial charge is 0.506 e. The summed E-state index contributed by atoms with van der Waals surface area (Å²) in [6, 6.07) is 17.8. The lowest BCUT2D eigenvalue weighted by atomic mass is 9.83. The van der Waals surface area contributed by atoms with Crippen molar-refractivity contribution in [2.75, 3.05) is 0 Å². The summed E-state index contributed by atoms with van der Waals surface area (Å²) in [6.07, 6.45) is 3.20. The number of hydrogen-bond acceptors (Lipinski definition) is 6. The maximum Gasteiger partial charge on any atom is 0.271 e. The fourth-order valence-corrected chi connectivity index (χ4v) is 7.85. The molecule has 1 aromatic heterocycles. The maximum absolute atomic E-state index is 13.9. The number of aromatic hydroxyl groups is 1. The third kappa shape index (κ3) is 4.24. The summed E-state index contributed by atoms with van der Waals surface area (Å²) in [5, 5.41) is 22.2. The monoisotopic (exact) mass is 733 g/mol. The molecule has 1 atom stereocenters. The number of non-ortho nitro benzene ring substituents is 1. The Kier molecular flexibility index (Phi) is 6.27. The van der Waals surface area contributed by atoms with E-state index in [2.05, 4.69) is 51.2 Å². The van der Waals surface area contributed by atoms with E-state index < -0.39 is 11.0 Å². The number of aryl methyl sites for hydroxylation is 1. The van der Waals surface area contributed by atoms with Crippen LogP contribution >= 0.6 is 56.5 Å². The van der Waals surface area contributed by atoms with Crippen molar-refractivity contribution in [3.8, 4) is 5.75 Å². The summed E-state index contributed by atoms with van der Waals surface area (Å²) in [6.45, 7) is 0. The van der Waals surface area contributed by atoms with E-state index in [4.69, 9.17) is 4.99 Å². The van der Waals surface area contributed by atoms with Crippen molar-refractivity contribution in [3.05, 3.63) is 125 Å². The number of rotatable bonds is 3. The second-order valence-electron chi connectivity index (χ2n) is 8.79. The van der Waals surface area contributed by atoms with Crippen LogP contribution in [0.2, 0.25) is 0 Å². The molecule has 1 aliphatic heterocycles. The lowest BCUT2D eigenvalue weighted by molar-refractivity contribution is -0.384. The number of hydrogen-bond donors (Lipinski definition) is 1. The SMILES string of the molecule is O=c1c(=Cc2cc(I)cc(I)c2O)sc2n1C(c1cccc([N+](=O)[O-])c1)C1=C(N=2)c2ccccc2CC1. The number of aromatic nitrogens is 1. The van der Waals surface area contributed by atoms with Gasteiger partial charge in [-0.15, -0.1) is 0 Å². The van der Waals surface area contributed by atoms with Gasteiger partial charge in [-0.2, -0.15) is 0 Å². The first-order valence-electron chi connectivity index (χ1n) is 11.4. The summed E-state index contributed by atoms with van der Waals surface area (Å²) in [7, 11) is 0. The molecule has 1 aliphatic carbocycles. The second kappa shape index (κ2) is 9.48. The zero-order valence-corrected chi connectivity index (χ0v) is 24.2. The van der Waals surface area contributed by atoms with Crippen molar-refractivity contribution in [1.29, 1.82) is 0 Å². The molecule has 10 heteroatoms. The number of nitro groups is 1. The third-order valence-electron chi connectivity index (χ3n) is 6.61. The molecular weight excluding hydrogens is 716 g/mol. The van der Waals surface area contributed by atoms with Gasteiger partial charge in [-0.05, 0) is 92.9 Å². The van der Waals surface area contributed by atoms with Crippen LogP contribution in [0, 0.1) is 17.3 Å². The number of thiazole rings is 1. The highest BCUT2D eigenvalue weighted by Gasteiger charge is 2.33. The summed E-state index contributed by atoms with van der Waals surface area (Å²) in [5.41, 5.74) is 5.01. The van der Waals surface area contributed by atoms with Gasteiger partial charge in [0.05, 0.1) is 24.8 Å². The fraction of sp³-hybridized carbons (Fsp3) is 0.111. The number of nitro benzene ring substituents is 1. The van der Waals surface area contributed by atoms with E-state index in [9.17, 15) is 20.0 Å². The van der Waals surface area contributed by atoms with Crippen molar-refractivity contribution in [1.82, 2.24) is 4.57 Å². The summed E-state index contributed by atoms with van der Waals surface area (Å²) < 4.78 is 3.74. The molecule has 0 radical (unpaired) electrons. The number of fused-ring (bicyclic) bond motifs is 3. The van der Waals surface area contributed by atoms with Gasteiger partial charge in [0, 0.05) is 26.8 Å². The Bertz CT molecular complexity index is 1840. The van der Waals surface area contributed by atoms with Gasteiger partial charge in [-0.3, -0.25) is 19.5 Å². The molecule has 6 rings (SSSR count). The van der Waals surface area contributed by atoms with Crippen LogP contribution in [0.3, 0.4) is 0 Å². The van der Waals surface area contributed by atoms with E-state index in [0.717, 1.165) is 26.8 Å². The maximum atomic E-state index is 13.9. The highest BCUT2D eigenvalue weighted by atomic mass is 127.